The summed E-state index contributed by atoms with van der Waals surface area (Å²) in [6.07, 6.45) is 8.77. The Kier molecular flexibility index (Phi) is 5.32. The predicted octanol–water partition coefficient (Wildman–Crippen LogP) is 3.99. The smallest absolute Gasteiger partial charge is 0.0449 e. The highest BCUT2D eigenvalue weighted by atomic mass is 15.2. The van der Waals surface area contributed by atoms with Crippen molar-refractivity contribution >= 4 is 0 Å². The van der Waals surface area contributed by atoms with Crippen LogP contribution in [0.15, 0.2) is 30.3 Å². The Morgan fingerprint density at radius 1 is 1.14 bits per heavy atom. The van der Waals surface area contributed by atoms with Crippen LogP contribution in [0.5, 0.6) is 0 Å². The molecule has 2 heteroatoms. The molecule has 21 heavy (non-hydrogen) atoms. The van der Waals surface area contributed by atoms with Crippen LogP contribution in [0.2, 0.25) is 0 Å². The molecule has 1 N–H and O–H groups in total. The Morgan fingerprint density at radius 3 is 2.67 bits per heavy atom. The number of nitrogens with one attached hydrogen (secondary N) is 1. The van der Waals surface area contributed by atoms with Crippen LogP contribution in [0, 0.1) is 5.92 Å². The van der Waals surface area contributed by atoms with Crippen LogP contribution in [-0.2, 0) is 0 Å². The van der Waals surface area contributed by atoms with Gasteiger partial charge in [0, 0.05) is 25.2 Å². The second-order valence-electron chi connectivity index (χ2n) is 7.01. The molecule has 1 saturated heterocycles. The van der Waals surface area contributed by atoms with Crippen molar-refractivity contribution in [2.24, 2.45) is 5.92 Å². The molecule has 0 aromatic heterocycles. The summed E-state index contributed by atoms with van der Waals surface area (Å²) in [5.74, 6) is 1.04. The van der Waals surface area contributed by atoms with Crippen molar-refractivity contribution in [3.8, 4) is 0 Å². The molecule has 1 heterocycles. The first-order valence-corrected chi connectivity index (χ1v) is 8.85. The average molecular weight is 286 g/mol. The summed E-state index contributed by atoms with van der Waals surface area (Å²) in [6.45, 7) is 5.92. The first kappa shape index (κ1) is 15.1. The Labute approximate surface area is 129 Å². The second kappa shape index (κ2) is 7.42. The van der Waals surface area contributed by atoms with Crippen molar-refractivity contribution in [1.82, 2.24) is 10.2 Å². The van der Waals surface area contributed by atoms with Gasteiger partial charge in [0.15, 0.2) is 0 Å². The summed E-state index contributed by atoms with van der Waals surface area (Å²) < 4.78 is 0. The highest BCUT2D eigenvalue weighted by Crippen LogP contribution is 2.29. The molecule has 2 atom stereocenters. The van der Waals surface area contributed by atoms with E-state index in [4.69, 9.17) is 0 Å². The minimum atomic E-state index is 0.508. The fourth-order valence-corrected chi connectivity index (χ4v) is 4.02. The number of nitrogens with zero attached hydrogens (tertiary/aromatic N) is 1. The standard InChI is InChI=1S/C19H30N2/c1-16-14-20-19(18-11-3-2-4-12-18)15-21(16)13-7-10-17-8-5-6-9-17/h2-4,11-12,16-17,19-20H,5-10,13-15H2,1H3. The van der Waals surface area contributed by atoms with Gasteiger partial charge in [-0.15, -0.1) is 0 Å². The van der Waals surface area contributed by atoms with Gasteiger partial charge < -0.3 is 5.32 Å². The summed E-state index contributed by atoms with van der Waals surface area (Å²) >= 11 is 0. The molecule has 2 unspecified atom stereocenters. The fraction of sp³-hybridized carbons (Fsp3) is 0.684. The normalized spacial score (nSPS) is 28.0. The van der Waals surface area contributed by atoms with Gasteiger partial charge in [-0.25, -0.2) is 0 Å². The fourth-order valence-electron chi connectivity index (χ4n) is 4.02. The molecule has 2 aliphatic rings. The predicted molar refractivity (Wildman–Crippen MR) is 89.4 cm³/mol. The molecule has 1 aromatic rings. The van der Waals surface area contributed by atoms with E-state index in [0.29, 0.717) is 12.1 Å². The number of hydrogen-bond donors (Lipinski definition) is 1. The monoisotopic (exact) mass is 286 g/mol. The maximum atomic E-state index is 3.70. The summed E-state index contributed by atoms with van der Waals surface area (Å²) in [6, 6.07) is 12.1. The third-order valence-corrected chi connectivity index (χ3v) is 5.43. The van der Waals surface area contributed by atoms with Crippen molar-refractivity contribution in [1.29, 1.82) is 0 Å². The molecule has 1 aliphatic heterocycles. The molecule has 2 fully saturated rings. The maximum absolute atomic E-state index is 3.70. The van der Waals surface area contributed by atoms with Crippen LogP contribution in [0.3, 0.4) is 0 Å². The van der Waals surface area contributed by atoms with Crippen molar-refractivity contribution in [3.05, 3.63) is 35.9 Å². The van der Waals surface area contributed by atoms with Crippen LogP contribution in [0.1, 0.15) is 57.1 Å². The zero-order valence-corrected chi connectivity index (χ0v) is 13.4. The lowest BCUT2D eigenvalue weighted by Gasteiger charge is -2.39. The van der Waals surface area contributed by atoms with Gasteiger partial charge in [0.25, 0.3) is 0 Å². The third-order valence-electron chi connectivity index (χ3n) is 5.43. The number of piperazine rings is 1. The molecular weight excluding hydrogens is 256 g/mol. The lowest BCUT2D eigenvalue weighted by atomic mass is 9.99. The van der Waals surface area contributed by atoms with Crippen molar-refractivity contribution < 1.29 is 0 Å². The van der Waals surface area contributed by atoms with E-state index in [1.54, 1.807) is 0 Å². The van der Waals surface area contributed by atoms with Gasteiger partial charge in [-0.2, -0.15) is 0 Å². The van der Waals surface area contributed by atoms with Crippen LogP contribution in [-0.4, -0.2) is 30.6 Å². The van der Waals surface area contributed by atoms with Crippen molar-refractivity contribution in [3.63, 3.8) is 0 Å². The van der Waals surface area contributed by atoms with Gasteiger partial charge in [-0.3, -0.25) is 4.90 Å². The maximum Gasteiger partial charge on any atom is 0.0449 e. The van der Waals surface area contributed by atoms with Gasteiger partial charge >= 0.3 is 0 Å². The molecule has 1 aromatic carbocycles. The first-order chi connectivity index (χ1) is 10.3. The molecule has 0 amide bonds. The van der Waals surface area contributed by atoms with Crippen molar-refractivity contribution in [2.75, 3.05) is 19.6 Å². The van der Waals surface area contributed by atoms with Gasteiger partial charge in [0.2, 0.25) is 0 Å². The minimum Gasteiger partial charge on any atom is -0.307 e. The van der Waals surface area contributed by atoms with E-state index in [2.05, 4.69) is 47.5 Å². The van der Waals surface area contributed by atoms with Gasteiger partial charge in [0.1, 0.15) is 0 Å². The zero-order chi connectivity index (χ0) is 14.5. The quantitative estimate of drug-likeness (QED) is 0.880. The van der Waals surface area contributed by atoms with Crippen LogP contribution in [0.25, 0.3) is 0 Å². The Morgan fingerprint density at radius 2 is 1.90 bits per heavy atom. The number of rotatable bonds is 5. The largest absolute Gasteiger partial charge is 0.307 e. The SMILES string of the molecule is CC1CNC(c2ccccc2)CN1CCCC1CCCC1. The summed E-state index contributed by atoms with van der Waals surface area (Å²) in [4.78, 5) is 2.70. The Balaban J connectivity index is 1.49. The van der Waals surface area contributed by atoms with E-state index >= 15 is 0 Å². The van der Waals surface area contributed by atoms with Crippen molar-refractivity contribution in [2.45, 2.75) is 57.5 Å². The van der Waals surface area contributed by atoms with Crippen LogP contribution in [0.4, 0.5) is 0 Å². The molecule has 1 aliphatic carbocycles. The molecular formula is C19H30N2. The lowest BCUT2D eigenvalue weighted by Crippen LogP contribution is -2.51. The molecule has 0 radical (unpaired) electrons. The van der Waals surface area contributed by atoms with E-state index in [9.17, 15) is 0 Å². The van der Waals surface area contributed by atoms with E-state index in [0.717, 1.165) is 19.0 Å². The molecule has 1 saturated carbocycles. The topological polar surface area (TPSA) is 15.3 Å². The van der Waals surface area contributed by atoms with Crippen LogP contribution >= 0.6 is 0 Å². The van der Waals surface area contributed by atoms with Crippen LogP contribution < -0.4 is 5.32 Å². The Bertz CT molecular complexity index is 411. The summed E-state index contributed by atoms with van der Waals surface area (Å²) in [5, 5.41) is 3.70. The average Bonchev–Trinajstić information content (AvgIpc) is 3.03. The molecule has 2 nitrogen and oxygen atoms in total. The minimum absolute atomic E-state index is 0.508. The van der Waals surface area contributed by atoms with E-state index in [1.807, 2.05) is 0 Å². The number of benzene rings is 1. The highest BCUT2D eigenvalue weighted by molar-refractivity contribution is 5.20. The first-order valence-electron chi connectivity index (χ1n) is 8.85. The highest BCUT2D eigenvalue weighted by Gasteiger charge is 2.25. The Hall–Kier alpha value is -0.860. The van der Waals surface area contributed by atoms with Gasteiger partial charge in [-0.05, 0) is 37.8 Å². The lowest BCUT2D eigenvalue weighted by molar-refractivity contribution is 0.136. The molecule has 116 valence electrons. The number of hydrogen-bond acceptors (Lipinski definition) is 2. The summed E-state index contributed by atoms with van der Waals surface area (Å²) in [7, 11) is 0. The zero-order valence-electron chi connectivity index (χ0n) is 13.4. The van der Waals surface area contributed by atoms with Gasteiger partial charge in [0.05, 0.1) is 0 Å². The van der Waals surface area contributed by atoms with E-state index in [-0.39, 0.29) is 0 Å². The van der Waals surface area contributed by atoms with E-state index < -0.39 is 0 Å². The summed E-state index contributed by atoms with van der Waals surface area (Å²) in [5.41, 5.74) is 1.44. The molecule has 0 bridgehead atoms. The third kappa shape index (κ3) is 4.08. The van der Waals surface area contributed by atoms with Gasteiger partial charge in [-0.1, -0.05) is 56.0 Å². The molecule has 0 spiro atoms. The van der Waals surface area contributed by atoms with E-state index in [1.165, 1.54) is 50.6 Å². The second-order valence-corrected chi connectivity index (χ2v) is 7.01. The molecule has 3 rings (SSSR count).